The number of rotatable bonds is 2. The van der Waals surface area contributed by atoms with E-state index in [4.69, 9.17) is 9.72 Å². The molecule has 2 fully saturated rings. The van der Waals surface area contributed by atoms with E-state index in [9.17, 15) is 4.79 Å². The summed E-state index contributed by atoms with van der Waals surface area (Å²) in [5.74, 6) is 0.756. The van der Waals surface area contributed by atoms with E-state index in [1.165, 1.54) is 36.3 Å². The molecule has 5 nitrogen and oxygen atoms in total. The zero-order chi connectivity index (χ0) is 17.8. The van der Waals surface area contributed by atoms with Crippen LogP contribution in [0.3, 0.4) is 0 Å². The van der Waals surface area contributed by atoms with Crippen LogP contribution in [-0.4, -0.2) is 41.7 Å². The molecule has 2 amide bonds. The number of urea groups is 1. The second-order valence-corrected chi connectivity index (χ2v) is 10.5. The molecule has 7 heteroatoms. The van der Waals surface area contributed by atoms with Gasteiger partial charge < -0.3 is 9.64 Å². The molecular formula is C18H27N3O2S2. The lowest BCUT2D eigenvalue weighted by Crippen LogP contribution is -2.48. The Labute approximate surface area is 158 Å². The molecule has 25 heavy (non-hydrogen) atoms. The summed E-state index contributed by atoms with van der Waals surface area (Å²) in [5.41, 5.74) is 1.23. The van der Waals surface area contributed by atoms with Crippen LogP contribution in [0.1, 0.15) is 62.3 Å². The Balaban J connectivity index is 1.73. The fourth-order valence-corrected chi connectivity index (χ4v) is 7.26. The lowest BCUT2D eigenvalue weighted by Gasteiger charge is -2.40. The van der Waals surface area contributed by atoms with Crippen molar-refractivity contribution in [3.63, 3.8) is 0 Å². The second kappa shape index (κ2) is 6.43. The highest BCUT2D eigenvalue weighted by Gasteiger charge is 2.45. The van der Waals surface area contributed by atoms with Gasteiger partial charge in [-0.05, 0) is 18.8 Å². The summed E-state index contributed by atoms with van der Waals surface area (Å²) in [6, 6.07) is -0.0201. The Morgan fingerprint density at radius 1 is 1.24 bits per heavy atom. The SMILES string of the molecule is CC1SC(C2CCCC2)c2sc(N3COCN(C)C3=O)nc2C1(C)C. The highest BCUT2D eigenvalue weighted by molar-refractivity contribution is 8.00. The fraction of sp³-hybridized carbons (Fsp3) is 0.778. The number of hydrogen-bond acceptors (Lipinski definition) is 5. The van der Waals surface area contributed by atoms with E-state index in [0.29, 0.717) is 24.0 Å². The first-order valence-electron chi connectivity index (χ1n) is 9.16. The molecule has 2 unspecified atom stereocenters. The molecule has 0 radical (unpaired) electrons. The zero-order valence-corrected chi connectivity index (χ0v) is 17.1. The van der Waals surface area contributed by atoms with E-state index in [0.717, 1.165) is 11.0 Å². The number of aromatic nitrogens is 1. The van der Waals surface area contributed by atoms with Crippen LogP contribution >= 0.6 is 23.1 Å². The number of hydrogen-bond donors (Lipinski definition) is 0. The molecule has 0 aromatic carbocycles. The van der Waals surface area contributed by atoms with E-state index in [1.807, 2.05) is 0 Å². The molecule has 2 aliphatic heterocycles. The van der Waals surface area contributed by atoms with Crippen LogP contribution in [0.5, 0.6) is 0 Å². The van der Waals surface area contributed by atoms with E-state index < -0.39 is 0 Å². The van der Waals surface area contributed by atoms with Crippen molar-refractivity contribution >= 4 is 34.3 Å². The van der Waals surface area contributed by atoms with Crippen LogP contribution in [0.15, 0.2) is 0 Å². The summed E-state index contributed by atoms with van der Waals surface area (Å²) in [6.07, 6.45) is 5.35. The van der Waals surface area contributed by atoms with Crippen molar-refractivity contribution in [3.8, 4) is 0 Å². The third-order valence-corrected chi connectivity index (χ3v) is 9.22. The van der Waals surface area contributed by atoms with E-state index >= 15 is 0 Å². The maximum atomic E-state index is 12.5. The van der Waals surface area contributed by atoms with Crippen LogP contribution < -0.4 is 4.90 Å². The average Bonchev–Trinajstić information content (AvgIpc) is 3.24. The van der Waals surface area contributed by atoms with Crippen LogP contribution in [0.4, 0.5) is 9.93 Å². The molecule has 1 aromatic rings. The van der Waals surface area contributed by atoms with Gasteiger partial charge in [-0.25, -0.2) is 14.7 Å². The zero-order valence-electron chi connectivity index (χ0n) is 15.4. The summed E-state index contributed by atoms with van der Waals surface area (Å²) in [5, 5.41) is 1.86. The lowest BCUT2D eigenvalue weighted by atomic mass is 9.83. The molecule has 3 aliphatic rings. The number of carbonyl (C=O) groups is 1. The Kier molecular flexibility index (Phi) is 4.53. The number of fused-ring (bicyclic) bond motifs is 1. The van der Waals surface area contributed by atoms with Gasteiger partial charge in [0.15, 0.2) is 5.13 Å². The van der Waals surface area contributed by atoms with Crippen molar-refractivity contribution in [2.75, 3.05) is 25.4 Å². The topological polar surface area (TPSA) is 45.7 Å². The molecule has 4 rings (SSSR count). The van der Waals surface area contributed by atoms with Crippen molar-refractivity contribution in [1.82, 2.24) is 9.88 Å². The number of anilines is 1. The van der Waals surface area contributed by atoms with Crippen molar-refractivity contribution < 1.29 is 9.53 Å². The predicted octanol–water partition coefficient (Wildman–Crippen LogP) is 4.59. The number of thiazole rings is 1. The molecule has 3 heterocycles. The van der Waals surface area contributed by atoms with Crippen molar-refractivity contribution in [1.29, 1.82) is 0 Å². The predicted molar refractivity (Wildman–Crippen MR) is 103 cm³/mol. The summed E-state index contributed by atoms with van der Waals surface area (Å²) < 4.78 is 5.54. The van der Waals surface area contributed by atoms with Gasteiger partial charge >= 0.3 is 6.03 Å². The van der Waals surface area contributed by atoms with Crippen molar-refractivity contribution in [2.45, 2.75) is 62.4 Å². The largest absolute Gasteiger partial charge is 0.340 e. The maximum Gasteiger partial charge on any atom is 0.329 e. The Bertz CT molecular complexity index is 669. The van der Waals surface area contributed by atoms with E-state index in [1.54, 1.807) is 28.2 Å². The third kappa shape index (κ3) is 2.88. The van der Waals surface area contributed by atoms with Crippen molar-refractivity contribution in [3.05, 3.63) is 10.6 Å². The fourth-order valence-electron chi connectivity index (χ4n) is 4.04. The van der Waals surface area contributed by atoms with Crippen LogP contribution in [0, 0.1) is 5.92 Å². The molecule has 1 aromatic heterocycles. The van der Waals surface area contributed by atoms with Crippen LogP contribution in [-0.2, 0) is 10.2 Å². The van der Waals surface area contributed by atoms with Gasteiger partial charge in [-0.15, -0.1) is 11.8 Å². The molecule has 138 valence electrons. The summed E-state index contributed by atoms with van der Waals surface area (Å²) >= 11 is 3.83. The molecule has 1 saturated carbocycles. The van der Waals surface area contributed by atoms with Gasteiger partial charge in [0.05, 0.1) is 5.69 Å². The molecule has 0 spiro atoms. The molecule has 0 N–H and O–H groups in total. The van der Waals surface area contributed by atoms with Gasteiger partial charge in [0.25, 0.3) is 0 Å². The first kappa shape index (κ1) is 17.6. The first-order valence-corrected chi connectivity index (χ1v) is 10.9. The normalized spacial score (nSPS) is 30.0. The van der Waals surface area contributed by atoms with Gasteiger partial charge in [0.2, 0.25) is 0 Å². The minimum atomic E-state index is -0.0201. The quantitative estimate of drug-likeness (QED) is 0.752. The van der Waals surface area contributed by atoms with Gasteiger partial charge in [0, 0.05) is 27.8 Å². The third-order valence-electron chi connectivity index (χ3n) is 6.00. The molecule has 0 bridgehead atoms. The lowest BCUT2D eigenvalue weighted by molar-refractivity contribution is 0.0361. The number of nitrogens with zero attached hydrogens (tertiary/aromatic N) is 3. The molecule has 2 atom stereocenters. The van der Waals surface area contributed by atoms with E-state index in [2.05, 4.69) is 32.5 Å². The summed E-state index contributed by atoms with van der Waals surface area (Å²) in [4.78, 5) is 22.2. The Morgan fingerprint density at radius 3 is 2.68 bits per heavy atom. The minimum absolute atomic E-state index is 0.0201. The monoisotopic (exact) mass is 381 g/mol. The molecular weight excluding hydrogens is 354 g/mol. The Morgan fingerprint density at radius 2 is 1.96 bits per heavy atom. The average molecular weight is 382 g/mol. The van der Waals surface area contributed by atoms with Crippen LogP contribution in [0.2, 0.25) is 0 Å². The molecule has 1 aliphatic carbocycles. The van der Waals surface area contributed by atoms with Gasteiger partial charge in [-0.3, -0.25) is 0 Å². The maximum absolute atomic E-state index is 12.5. The van der Waals surface area contributed by atoms with Crippen LogP contribution in [0.25, 0.3) is 0 Å². The minimum Gasteiger partial charge on any atom is -0.340 e. The highest BCUT2D eigenvalue weighted by atomic mass is 32.2. The van der Waals surface area contributed by atoms with Crippen molar-refractivity contribution in [2.24, 2.45) is 5.92 Å². The molecule has 1 saturated heterocycles. The highest BCUT2D eigenvalue weighted by Crippen LogP contribution is 2.57. The van der Waals surface area contributed by atoms with Gasteiger partial charge in [-0.2, -0.15) is 0 Å². The number of thioether (sulfide) groups is 1. The number of ether oxygens (including phenoxy) is 1. The van der Waals surface area contributed by atoms with Gasteiger partial charge in [-0.1, -0.05) is 44.9 Å². The van der Waals surface area contributed by atoms with E-state index in [-0.39, 0.29) is 11.4 Å². The smallest absolute Gasteiger partial charge is 0.329 e. The van der Waals surface area contributed by atoms with Gasteiger partial charge in [0.1, 0.15) is 13.5 Å². The summed E-state index contributed by atoms with van der Waals surface area (Å²) in [7, 11) is 1.77. The second-order valence-electron chi connectivity index (χ2n) is 8.05. The standard InChI is InChI=1S/C18H27N3O2S2/c1-11-18(2,3)15-14(13(24-11)12-7-5-6-8-12)25-16(19-15)21-10-23-9-20(4)17(21)22/h11-13H,5-10H2,1-4H3. The summed E-state index contributed by atoms with van der Waals surface area (Å²) in [6.45, 7) is 7.56. The number of carbonyl (C=O) groups excluding carboxylic acids is 1. The first-order chi connectivity index (χ1) is 11.9. The Hall–Kier alpha value is -0.790. The number of amides is 2.